The monoisotopic (exact) mass is 309 g/mol. The highest BCUT2D eigenvalue weighted by molar-refractivity contribution is 7.89. The molecule has 0 aromatic heterocycles. The van der Waals surface area contributed by atoms with Crippen LogP contribution in [-0.2, 0) is 10.0 Å². The van der Waals surface area contributed by atoms with Gasteiger partial charge in [0.05, 0.1) is 11.5 Å². The summed E-state index contributed by atoms with van der Waals surface area (Å²) in [6.45, 7) is 5.92. The van der Waals surface area contributed by atoms with Gasteiger partial charge in [-0.2, -0.15) is 0 Å². The topological polar surface area (TPSA) is 66.4 Å². The van der Waals surface area contributed by atoms with Crippen LogP contribution >= 0.6 is 0 Å². The van der Waals surface area contributed by atoms with Crippen molar-refractivity contribution in [3.05, 3.63) is 29.8 Å². The molecule has 4 nitrogen and oxygen atoms in total. The molecule has 0 amide bonds. The highest BCUT2D eigenvalue weighted by atomic mass is 32.2. The Morgan fingerprint density at radius 3 is 2.67 bits per heavy atom. The second-order valence-corrected chi connectivity index (χ2v) is 6.81. The summed E-state index contributed by atoms with van der Waals surface area (Å²) in [5.74, 6) is 5.90. The Morgan fingerprint density at radius 2 is 2.05 bits per heavy atom. The van der Waals surface area contributed by atoms with Gasteiger partial charge < -0.3 is 5.11 Å². The van der Waals surface area contributed by atoms with Gasteiger partial charge in [0.1, 0.15) is 0 Å². The molecule has 1 aromatic carbocycles. The number of nitrogens with one attached hydrogen (secondary N) is 1. The molecule has 21 heavy (non-hydrogen) atoms. The third kappa shape index (κ3) is 5.50. The van der Waals surface area contributed by atoms with Crippen LogP contribution in [0, 0.1) is 17.8 Å². The van der Waals surface area contributed by atoms with Crippen LogP contribution < -0.4 is 4.72 Å². The summed E-state index contributed by atoms with van der Waals surface area (Å²) >= 11 is 0. The van der Waals surface area contributed by atoms with E-state index in [-0.39, 0.29) is 23.5 Å². The van der Waals surface area contributed by atoms with Crippen LogP contribution in [0.3, 0.4) is 0 Å². The minimum Gasteiger partial charge on any atom is -0.395 e. The summed E-state index contributed by atoms with van der Waals surface area (Å²) in [4.78, 5) is 0.216. The Labute approximate surface area is 127 Å². The average molecular weight is 309 g/mol. The fourth-order valence-corrected chi connectivity index (χ4v) is 3.14. The lowest BCUT2D eigenvalue weighted by Crippen LogP contribution is -2.36. The summed E-state index contributed by atoms with van der Waals surface area (Å²) < 4.78 is 27.4. The quantitative estimate of drug-likeness (QED) is 0.791. The fraction of sp³-hybridized carbons (Fsp3) is 0.500. The van der Waals surface area contributed by atoms with Crippen molar-refractivity contribution in [3.63, 3.8) is 0 Å². The number of aliphatic hydroxyl groups is 1. The Hall–Kier alpha value is -1.35. The maximum Gasteiger partial charge on any atom is 0.240 e. The Bertz CT molecular complexity index is 614. The summed E-state index contributed by atoms with van der Waals surface area (Å²) in [6, 6.07) is 6.41. The molecule has 0 fully saturated rings. The Morgan fingerprint density at radius 1 is 1.33 bits per heavy atom. The fourth-order valence-electron chi connectivity index (χ4n) is 1.74. The van der Waals surface area contributed by atoms with Crippen molar-refractivity contribution in [1.29, 1.82) is 0 Å². The van der Waals surface area contributed by atoms with Crippen LogP contribution in [0.25, 0.3) is 0 Å². The number of hydrogen-bond donors (Lipinski definition) is 2. The molecule has 0 saturated heterocycles. The molecule has 1 aromatic rings. The molecule has 0 spiro atoms. The van der Waals surface area contributed by atoms with Gasteiger partial charge in [-0.25, -0.2) is 13.1 Å². The van der Waals surface area contributed by atoms with Crippen molar-refractivity contribution < 1.29 is 13.5 Å². The molecule has 1 rings (SSSR count). The molecule has 0 bridgehead atoms. The van der Waals surface area contributed by atoms with Crippen molar-refractivity contribution in [2.45, 2.75) is 44.6 Å². The molecule has 2 atom stereocenters. The van der Waals surface area contributed by atoms with Gasteiger partial charge >= 0.3 is 0 Å². The second-order valence-electron chi connectivity index (χ2n) is 5.10. The van der Waals surface area contributed by atoms with Crippen molar-refractivity contribution >= 4 is 10.0 Å². The van der Waals surface area contributed by atoms with Crippen LogP contribution in [0.1, 0.15) is 39.2 Å². The lowest BCUT2D eigenvalue weighted by molar-refractivity contribution is 0.305. The van der Waals surface area contributed by atoms with E-state index in [0.29, 0.717) is 12.0 Å². The van der Waals surface area contributed by atoms with E-state index in [1.54, 1.807) is 24.3 Å². The summed E-state index contributed by atoms with van der Waals surface area (Å²) in [7, 11) is -3.53. The van der Waals surface area contributed by atoms with Crippen LogP contribution in [0.15, 0.2) is 29.2 Å². The molecule has 5 heteroatoms. The maximum absolute atomic E-state index is 12.3. The van der Waals surface area contributed by atoms with Crippen molar-refractivity contribution in [2.24, 2.45) is 5.92 Å². The van der Waals surface area contributed by atoms with Gasteiger partial charge in [-0.05, 0) is 31.0 Å². The second kappa shape index (κ2) is 8.18. The number of benzene rings is 1. The first-order valence-electron chi connectivity index (χ1n) is 7.12. The highest BCUT2D eigenvalue weighted by Crippen LogP contribution is 2.14. The number of rotatable bonds is 6. The van der Waals surface area contributed by atoms with E-state index in [4.69, 9.17) is 5.11 Å². The zero-order valence-electron chi connectivity index (χ0n) is 12.8. The summed E-state index contributed by atoms with van der Waals surface area (Å²) in [5.41, 5.74) is 0.627. The SMILES string of the molecule is CCC(C)C(C)NS(=O)(=O)c1cccc(C#CCCO)c1. The van der Waals surface area contributed by atoms with E-state index in [1.807, 2.05) is 20.8 Å². The maximum atomic E-state index is 12.3. The lowest BCUT2D eigenvalue weighted by atomic mass is 10.0. The predicted molar refractivity (Wildman–Crippen MR) is 84.3 cm³/mol. The van der Waals surface area contributed by atoms with Gasteiger partial charge in [0.2, 0.25) is 10.0 Å². The van der Waals surface area contributed by atoms with E-state index >= 15 is 0 Å². The van der Waals surface area contributed by atoms with Gasteiger partial charge in [-0.3, -0.25) is 0 Å². The molecule has 0 radical (unpaired) electrons. The van der Waals surface area contributed by atoms with Gasteiger partial charge in [0.15, 0.2) is 0 Å². The largest absolute Gasteiger partial charge is 0.395 e. The molecular formula is C16H23NO3S. The lowest BCUT2D eigenvalue weighted by Gasteiger charge is -2.19. The zero-order chi connectivity index (χ0) is 15.9. The van der Waals surface area contributed by atoms with Crippen molar-refractivity contribution in [1.82, 2.24) is 4.72 Å². The Balaban J connectivity index is 2.94. The van der Waals surface area contributed by atoms with Gasteiger partial charge in [0, 0.05) is 18.0 Å². The van der Waals surface area contributed by atoms with E-state index in [2.05, 4.69) is 16.6 Å². The molecule has 116 valence electrons. The summed E-state index contributed by atoms with van der Waals surface area (Å²) in [6.07, 6.45) is 1.29. The number of hydrogen-bond acceptors (Lipinski definition) is 3. The molecule has 2 unspecified atom stereocenters. The molecular weight excluding hydrogens is 286 g/mol. The standard InChI is InChI=1S/C16H23NO3S/c1-4-13(2)14(3)17-21(19,20)16-10-7-9-15(12-16)8-5-6-11-18/h7,9-10,12-14,17-18H,4,6,11H2,1-3H3. The third-order valence-corrected chi connectivity index (χ3v) is 5.01. The van der Waals surface area contributed by atoms with Crippen LogP contribution in [0.2, 0.25) is 0 Å². The minimum absolute atomic E-state index is 0.00103. The Kier molecular flexibility index (Phi) is 6.90. The smallest absolute Gasteiger partial charge is 0.240 e. The van der Waals surface area contributed by atoms with Gasteiger partial charge in [-0.15, -0.1) is 0 Å². The van der Waals surface area contributed by atoms with E-state index in [9.17, 15) is 8.42 Å². The molecule has 0 saturated carbocycles. The van der Waals surface area contributed by atoms with Gasteiger partial charge in [-0.1, -0.05) is 38.2 Å². The summed E-state index contributed by atoms with van der Waals surface area (Å²) in [5, 5.41) is 8.69. The average Bonchev–Trinajstić information content (AvgIpc) is 2.46. The number of sulfonamides is 1. The van der Waals surface area contributed by atoms with Crippen molar-refractivity contribution in [3.8, 4) is 11.8 Å². The molecule has 0 aliphatic heterocycles. The third-order valence-electron chi connectivity index (χ3n) is 3.45. The van der Waals surface area contributed by atoms with E-state index in [0.717, 1.165) is 6.42 Å². The minimum atomic E-state index is -3.53. The normalized spacial score (nSPS) is 14.1. The molecule has 0 aliphatic carbocycles. The first-order valence-corrected chi connectivity index (χ1v) is 8.61. The van der Waals surface area contributed by atoms with Crippen LogP contribution in [0.5, 0.6) is 0 Å². The molecule has 2 N–H and O–H groups in total. The van der Waals surface area contributed by atoms with Gasteiger partial charge in [0.25, 0.3) is 0 Å². The molecule has 0 aliphatic rings. The van der Waals surface area contributed by atoms with E-state index in [1.165, 1.54) is 0 Å². The first kappa shape index (κ1) is 17.7. The van der Waals surface area contributed by atoms with Crippen molar-refractivity contribution in [2.75, 3.05) is 6.61 Å². The van der Waals surface area contributed by atoms with Crippen LogP contribution in [-0.4, -0.2) is 26.2 Å². The molecule has 0 heterocycles. The zero-order valence-corrected chi connectivity index (χ0v) is 13.6. The highest BCUT2D eigenvalue weighted by Gasteiger charge is 2.20. The van der Waals surface area contributed by atoms with Crippen LogP contribution in [0.4, 0.5) is 0 Å². The first-order chi connectivity index (χ1) is 9.90. The predicted octanol–water partition coefficient (Wildman–Crippen LogP) is 2.13. The number of aliphatic hydroxyl groups excluding tert-OH is 1. The van der Waals surface area contributed by atoms with E-state index < -0.39 is 10.0 Å².